The SMILES string of the molecule is O=C(NC1CCCCC1)c1c(O)n(-c2ccc(I)cc2)c(=O)[nH]c1=O. The van der Waals surface area contributed by atoms with Gasteiger partial charge in [-0.05, 0) is 59.7 Å². The molecule has 0 radical (unpaired) electrons. The number of aromatic nitrogens is 2. The third kappa shape index (κ3) is 3.78. The molecule has 1 amide bonds. The normalized spacial score (nSPS) is 15.1. The molecule has 1 aromatic heterocycles. The maximum absolute atomic E-state index is 12.5. The number of hydrogen-bond donors (Lipinski definition) is 3. The fourth-order valence-electron chi connectivity index (χ4n) is 3.06. The molecule has 0 atom stereocenters. The van der Waals surface area contributed by atoms with Crippen molar-refractivity contribution < 1.29 is 9.90 Å². The van der Waals surface area contributed by atoms with Gasteiger partial charge in [0.15, 0.2) is 5.56 Å². The number of amides is 1. The molecule has 25 heavy (non-hydrogen) atoms. The average Bonchev–Trinajstić information content (AvgIpc) is 2.57. The van der Waals surface area contributed by atoms with Gasteiger partial charge in [-0.25, -0.2) is 9.36 Å². The summed E-state index contributed by atoms with van der Waals surface area (Å²) >= 11 is 2.11. The number of rotatable bonds is 3. The zero-order valence-electron chi connectivity index (χ0n) is 13.4. The summed E-state index contributed by atoms with van der Waals surface area (Å²) in [5.41, 5.74) is -1.76. The van der Waals surface area contributed by atoms with Crippen molar-refractivity contribution in [1.82, 2.24) is 14.9 Å². The minimum atomic E-state index is -0.891. The predicted octanol–water partition coefficient (Wildman–Crippen LogP) is 1.90. The summed E-state index contributed by atoms with van der Waals surface area (Å²) in [5.74, 6) is -1.31. The van der Waals surface area contributed by atoms with Crippen molar-refractivity contribution in [1.29, 1.82) is 0 Å². The van der Waals surface area contributed by atoms with Crippen LogP contribution in [0.4, 0.5) is 0 Å². The lowest BCUT2D eigenvalue weighted by atomic mass is 9.95. The first-order valence-electron chi connectivity index (χ1n) is 8.12. The summed E-state index contributed by atoms with van der Waals surface area (Å²) in [6.45, 7) is 0. The highest BCUT2D eigenvalue weighted by atomic mass is 127. The number of carbonyl (C=O) groups is 1. The molecular weight excluding hydrogens is 437 g/mol. The van der Waals surface area contributed by atoms with Crippen molar-refractivity contribution >= 4 is 28.5 Å². The number of benzene rings is 1. The van der Waals surface area contributed by atoms with Crippen LogP contribution in [0, 0.1) is 3.57 Å². The Balaban J connectivity index is 2.00. The van der Waals surface area contributed by atoms with E-state index in [4.69, 9.17) is 0 Å². The van der Waals surface area contributed by atoms with E-state index in [9.17, 15) is 19.5 Å². The number of hydrogen-bond acceptors (Lipinski definition) is 4. The number of H-pyrrole nitrogens is 1. The van der Waals surface area contributed by atoms with Crippen molar-refractivity contribution in [2.24, 2.45) is 0 Å². The van der Waals surface area contributed by atoms with Crippen LogP contribution in [-0.4, -0.2) is 26.6 Å². The molecule has 3 N–H and O–H groups in total. The van der Waals surface area contributed by atoms with Crippen molar-refractivity contribution in [3.63, 3.8) is 0 Å². The molecule has 1 saturated carbocycles. The van der Waals surface area contributed by atoms with E-state index in [0.29, 0.717) is 5.69 Å². The Labute approximate surface area is 157 Å². The van der Waals surface area contributed by atoms with Gasteiger partial charge in [0.05, 0.1) is 5.69 Å². The zero-order chi connectivity index (χ0) is 18.0. The van der Waals surface area contributed by atoms with Crippen LogP contribution in [0.15, 0.2) is 33.9 Å². The Morgan fingerprint density at radius 3 is 2.44 bits per heavy atom. The first-order chi connectivity index (χ1) is 12.0. The van der Waals surface area contributed by atoms with Crippen LogP contribution in [-0.2, 0) is 0 Å². The molecular formula is C17H18IN3O4. The summed E-state index contributed by atoms with van der Waals surface area (Å²) in [5, 5.41) is 13.2. The third-order valence-electron chi connectivity index (χ3n) is 4.34. The van der Waals surface area contributed by atoms with E-state index >= 15 is 0 Å². The summed E-state index contributed by atoms with van der Waals surface area (Å²) in [6.07, 6.45) is 4.88. The molecule has 0 unspecified atom stereocenters. The Morgan fingerprint density at radius 1 is 1.16 bits per heavy atom. The zero-order valence-corrected chi connectivity index (χ0v) is 15.6. The highest BCUT2D eigenvalue weighted by molar-refractivity contribution is 14.1. The van der Waals surface area contributed by atoms with Gasteiger partial charge < -0.3 is 10.4 Å². The van der Waals surface area contributed by atoms with Gasteiger partial charge >= 0.3 is 5.69 Å². The quantitative estimate of drug-likeness (QED) is 0.616. The fraction of sp³-hybridized carbons (Fsp3) is 0.353. The van der Waals surface area contributed by atoms with Crippen molar-refractivity contribution in [3.05, 3.63) is 54.2 Å². The number of aromatic hydroxyl groups is 1. The van der Waals surface area contributed by atoms with Gasteiger partial charge in [0, 0.05) is 9.61 Å². The Bertz CT molecular complexity index is 896. The largest absolute Gasteiger partial charge is 0.493 e. The van der Waals surface area contributed by atoms with Gasteiger partial charge in [-0.3, -0.25) is 14.6 Å². The van der Waals surface area contributed by atoms with Crippen LogP contribution in [0.5, 0.6) is 5.88 Å². The molecule has 8 heteroatoms. The van der Waals surface area contributed by atoms with E-state index in [1.165, 1.54) is 0 Å². The van der Waals surface area contributed by atoms with Gasteiger partial charge in [-0.2, -0.15) is 0 Å². The number of nitrogens with one attached hydrogen (secondary N) is 2. The molecule has 1 aliphatic rings. The van der Waals surface area contributed by atoms with E-state index in [2.05, 4.69) is 32.9 Å². The molecule has 1 aliphatic carbocycles. The average molecular weight is 455 g/mol. The van der Waals surface area contributed by atoms with E-state index in [-0.39, 0.29) is 6.04 Å². The lowest BCUT2D eigenvalue weighted by Gasteiger charge is -2.22. The second kappa shape index (κ2) is 7.42. The van der Waals surface area contributed by atoms with E-state index in [1.54, 1.807) is 24.3 Å². The smallest absolute Gasteiger partial charge is 0.335 e. The molecule has 132 valence electrons. The van der Waals surface area contributed by atoms with Gasteiger partial charge in [0.25, 0.3) is 11.5 Å². The summed E-state index contributed by atoms with van der Waals surface area (Å²) < 4.78 is 1.88. The highest BCUT2D eigenvalue weighted by Gasteiger charge is 2.24. The topological polar surface area (TPSA) is 104 Å². The van der Waals surface area contributed by atoms with Crippen molar-refractivity contribution in [2.75, 3.05) is 0 Å². The molecule has 0 aliphatic heterocycles. The molecule has 7 nitrogen and oxygen atoms in total. The molecule has 1 heterocycles. The van der Waals surface area contributed by atoms with Gasteiger partial charge in [0.1, 0.15) is 0 Å². The van der Waals surface area contributed by atoms with Crippen LogP contribution in [0.1, 0.15) is 42.5 Å². The Hall–Kier alpha value is -2.10. The van der Waals surface area contributed by atoms with Crippen LogP contribution >= 0.6 is 22.6 Å². The first-order valence-corrected chi connectivity index (χ1v) is 9.20. The third-order valence-corrected chi connectivity index (χ3v) is 5.06. The number of halogens is 1. The molecule has 0 saturated heterocycles. The van der Waals surface area contributed by atoms with E-state index < -0.39 is 28.6 Å². The lowest BCUT2D eigenvalue weighted by molar-refractivity contribution is 0.0922. The van der Waals surface area contributed by atoms with Gasteiger partial charge in [0.2, 0.25) is 5.88 Å². The number of aromatic amines is 1. The summed E-state index contributed by atoms with van der Waals surface area (Å²) in [7, 11) is 0. The molecule has 1 aromatic carbocycles. The maximum atomic E-state index is 12.5. The molecule has 2 aromatic rings. The fourth-order valence-corrected chi connectivity index (χ4v) is 3.42. The first kappa shape index (κ1) is 17.7. The standard InChI is InChI=1S/C17H18IN3O4/c18-10-6-8-12(9-7-10)21-16(24)13(15(23)20-17(21)25)14(22)19-11-4-2-1-3-5-11/h6-9,11,24H,1-5H2,(H,19,22)(H,20,23,25). The second-order valence-electron chi connectivity index (χ2n) is 6.08. The predicted molar refractivity (Wildman–Crippen MR) is 101 cm³/mol. The highest BCUT2D eigenvalue weighted by Crippen LogP contribution is 2.20. The summed E-state index contributed by atoms with van der Waals surface area (Å²) in [6, 6.07) is 6.76. The summed E-state index contributed by atoms with van der Waals surface area (Å²) in [4.78, 5) is 38.8. The number of carbonyl (C=O) groups excluding carboxylic acids is 1. The molecule has 0 bridgehead atoms. The van der Waals surface area contributed by atoms with Crippen LogP contribution in [0.2, 0.25) is 0 Å². The lowest BCUT2D eigenvalue weighted by Crippen LogP contribution is -2.41. The van der Waals surface area contributed by atoms with E-state index in [1.807, 2.05) is 0 Å². The second-order valence-corrected chi connectivity index (χ2v) is 7.32. The van der Waals surface area contributed by atoms with Crippen molar-refractivity contribution in [2.45, 2.75) is 38.1 Å². The molecule has 1 fully saturated rings. The van der Waals surface area contributed by atoms with E-state index in [0.717, 1.165) is 40.2 Å². The number of nitrogens with zero attached hydrogens (tertiary/aromatic N) is 1. The van der Waals surface area contributed by atoms with Crippen LogP contribution in [0.3, 0.4) is 0 Å². The van der Waals surface area contributed by atoms with Gasteiger partial charge in [-0.1, -0.05) is 19.3 Å². The van der Waals surface area contributed by atoms with Gasteiger partial charge in [-0.15, -0.1) is 0 Å². The van der Waals surface area contributed by atoms with Crippen LogP contribution in [0.25, 0.3) is 5.69 Å². The monoisotopic (exact) mass is 455 g/mol. The van der Waals surface area contributed by atoms with Crippen molar-refractivity contribution in [3.8, 4) is 11.6 Å². The Morgan fingerprint density at radius 2 is 1.80 bits per heavy atom. The van der Waals surface area contributed by atoms with Crippen LogP contribution < -0.4 is 16.6 Å². The molecule has 0 spiro atoms. The minimum absolute atomic E-state index is 0.0151. The maximum Gasteiger partial charge on any atom is 0.335 e. The minimum Gasteiger partial charge on any atom is -0.493 e. The molecule has 3 rings (SSSR count). The Kier molecular flexibility index (Phi) is 5.26.